The van der Waals surface area contributed by atoms with Crippen LogP contribution in [0.3, 0.4) is 0 Å². The van der Waals surface area contributed by atoms with E-state index in [4.69, 9.17) is 5.11 Å². The van der Waals surface area contributed by atoms with Gasteiger partial charge in [-0.25, -0.2) is 4.39 Å². The summed E-state index contributed by atoms with van der Waals surface area (Å²) >= 11 is 0. The Morgan fingerprint density at radius 3 is 2.40 bits per heavy atom. The van der Waals surface area contributed by atoms with Crippen molar-refractivity contribution in [1.29, 1.82) is 0 Å². The van der Waals surface area contributed by atoms with Gasteiger partial charge in [-0.05, 0) is 37.1 Å². The van der Waals surface area contributed by atoms with Gasteiger partial charge in [0.1, 0.15) is 5.82 Å². The van der Waals surface area contributed by atoms with E-state index in [9.17, 15) is 14.0 Å². The van der Waals surface area contributed by atoms with E-state index in [1.165, 1.54) is 24.3 Å². The smallest absolute Gasteiger partial charge is 0.305 e. The SMILES string of the molecule is O=C(O)CC(NC1CCCC1)C(=O)c1ccc(F)cc1. The fourth-order valence-corrected chi connectivity index (χ4v) is 2.59. The number of hydrogen-bond acceptors (Lipinski definition) is 3. The zero-order valence-corrected chi connectivity index (χ0v) is 11.1. The summed E-state index contributed by atoms with van der Waals surface area (Å²) in [7, 11) is 0. The molecule has 0 heterocycles. The van der Waals surface area contributed by atoms with Crippen LogP contribution >= 0.6 is 0 Å². The molecule has 0 saturated heterocycles. The van der Waals surface area contributed by atoms with Crippen molar-refractivity contribution in [1.82, 2.24) is 5.32 Å². The van der Waals surface area contributed by atoms with Crippen LogP contribution in [0.1, 0.15) is 42.5 Å². The third-order valence-electron chi connectivity index (χ3n) is 3.62. The number of Topliss-reactive ketones (excluding diaryl/α,β-unsaturated/α-hetero) is 1. The molecule has 1 aliphatic rings. The Bertz CT molecular complexity index is 480. The molecule has 0 amide bonds. The van der Waals surface area contributed by atoms with Crippen molar-refractivity contribution in [2.45, 2.75) is 44.2 Å². The monoisotopic (exact) mass is 279 g/mol. The van der Waals surface area contributed by atoms with Gasteiger partial charge in [-0.2, -0.15) is 0 Å². The molecule has 2 rings (SSSR count). The minimum Gasteiger partial charge on any atom is -0.481 e. The molecular formula is C15H18FNO3. The second-order valence-electron chi connectivity index (χ2n) is 5.17. The second kappa shape index (κ2) is 6.61. The predicted octanol–water partition coefficient (Wildman–Crippen LogP) is 2.38. The lowest BCUT2D eigenvalue weighted by Crippen LogP contribution is -2.43. The molecule has 20 heavy (non-hydrogen) atoms. The average molecular weight is 279 g/mol. The van der Waals surface area contributed by atoms with Gasteiger partial charge in [0.05, 0.1) is 12.5 Å². The molecule has 5 heteroatoms. The Labute approximate surface area is 117 Å². The van der Waals surface area contributed by atoms with Crippen molar-refractivity contribution in [3.63, 3.8) is 0 Å². The minimum absolute atomic E-state index is 0.198. The molecule has 0 aliphatic heterocycles. The highest BCUT2D eigenvalue weighted by Crippen LogP contribution is 2.19. The molecule has 1 atom stereocenters. The maximum atomic E-state index is 12.9. The third kappa shape index (κ3) is 3.87. The lowest BCUT2D eigenvalue weighted by Gasteiger charge is -2.20. The van der Waals surface area contributed by atoms with Crippen molar-refractivity contribution >= 4 is 11.8 Å². The van der Waals surface area contributed by atoms with Crippen LogP contribution in [0.25, 0.3) is 0 Å². The highest BCUT2D eigenvalue weighted by atomic mass is 19.1. The quantitative estimate of drug-likeness (QED) is 0.785. The minimum atomic E-state index is -1.02. The van der Waals surface area contributed by atoms with Gasteiger partial charge in [-0.15, -0.1) is 0 Å². The lowest BCUT2D eigenvalue weighted by atomic mass is 10.0. The van der Waals surface area contributed by atoms with E-state index < -0.39 is 17.8 Å². The number of rotatable bonds is 6. The van der Waals surface area contributed by atoms with Crippen molar-refractivity contribution in [3.05, 3.63) is 35.6 Å². The molecule has 1 aromatic carbocycles. The van der Waals surface area contributed by atoms with Crippen LogP contribution in [0.2, 0.25) is 0 Å². The first-order valence-corrected chi connectivity index (χ1v) is 6.84. The number of carboxylic acid groups (broad SMARTS) is 1. The molecule has 0 radical (unpaired) electrons. The molecule has 0 spiro atoms. The summed E-state index contributed by atoms with van der Waals surface area (Å²) in [6, 6.07) is 4.65. The molecular weight excluding hydrogens is 261 g/mol. The van der Waals surface area contributed by atoms with Crippen LogP contribution in [0.15, 0.2) is 24.3 Å². The number of ketones is 1. The van der Waals surface area contributed by atoms with Gasteiger partial charge in [0.2, 0.25) is 0 Å². The summed E-state index contributed by atoms with van der Waals surface area (Å²) in [6.45, 7) is 0. The van der Waals surface area contributed by atoms with Gasteiger partial charge in [0, 0.05) is 11.6 Å². The zero-order chi connectivity index (χ0) is 14.5. The van der Waals surface area contributed by atoms with E-state index in [1.54, 1.807) is 0 Å². The summed E-state index contributed by atoms with van der Waals surface area (Å²) in [5, 5.41) is 12.1. The molecule has 2 N–H and O–H groups in total. The first kappa shape index (κ1) is 14.7. The number of carbonyl (C=O) groups is 2. The number of benzene rings is 1. The molecule has 108 valence electrons. The standard InChI is InChI=1S/C15H18FNO3/c16-11-7-5-10(6-8-11)15(20)13(9-14(18)19)17-12-3-1-2-4-12/h5-8,12-13,17H,1-4,9H2,(H,18,19). The van der Waals surface area contributed by atoms with Gasteiger partial charge in [0.15, 0.2) is 5.78 Å². The van der Waals surface area contributed by atoms with Crippen LogP contribution in [0, 0.1) is 5.82 Å². The van der Waals surface area contributed by atoms with Gasteiger partial charge in [-0.1, -0.05) is 12.8 Å². The zero-order valence-electron chi connectivity index (χ0n) is 11.1. The Kier molecular flexibility index (Phi) is 4.84. The van der Waals surface area contributed by atoms with E-state index >= 15 is 0 Å². The van der Waals surface area contributed by atoms with E-state index in [-0.39, 0.29) is 18.2 Å². The molecule has 0 bridgehead atoms. The predicted molar refractivity (Wildman–Crippen MR) is 72.2 cm³/mol. The van der Waals surface area contributed by atoms with Crippen LogP contribution in [-0.2, 0) is 4.79 Å². The number of aliphatic carboxylic acids is 1. The summed E-state index contributed by atoms with van der Waals surface area (Å²) < 4.78 is 12.9. The normalized spacial score (nSPS) is 17.1. The topological polar surface area (TPSA) is 66.4 Å². The Hall–Kier alpha value is -1.75. The highest BCUT2D eigenvalue weighted by Gasteiger charge is 2.27. The number of carbonyl (C=O) groups excluding carboxylic acids is 1. The van der Waals surface area contributed by atoms with Crippen molar-refractivity contribution in [2.75, 3.05) is 0 Å². The van der Waals surface area contributed by atoms with Gasteiger partial charge in [0.25, 0.3) is 0 Å². The molecule has 4 nitrogen and oxygen atoms in total. The molecule has 0 aromatic heterocycles. The molecule has 1 aliphatic carbocycles. The molecule has 1 saturated carbocycles. The number of nitrogens with one attached hydrogen (secondary N) is 1. The Balaban J connectivity index is 2.09. The number of carboxylic acids is 1. The van der Waals surface area contributed by atoms with Crippen molar-refractivity contribution < 1.29 is 19.1 Å². The van der Waals surface area contributed by atoms with Crippen LogP contribution in [0.5, 0.6) is 0 Å². The third-order valence-corrected chi connectivity index (χ3v) is 3.62. The molecule has 1 fully saturated rings. The Morgan fingerprint density at radius 2 is 1.85 bits per heavy atom. The maximum Gasteiger partial charge on any atom is 0.305 e. The van der Waals surface area contributed by atoms with Crippen LogP contribution in [-0.4, -0.2) is 28.9 Å². The number of hydrogen-bond donors (Lipinski definition) is 2. The van der Waals surface area contributed by atoms with E-state index in [0.29, 0.717) is 5.56 Å². The second-order valence-corrected chi connectivity index (χ2v) is 5.17. The average Bonchev–Trinajstić information content (AvgIpc) is 2.90. The highest BCUT2D eigenvalue weighted by molar-refractivity contribution is 6.01. The Morgan fingerprint density at radius 1 is 1.25 bits per heavy atom. The first-order valence-electron chi connectivity index (χ1n) is 6.84. The molecule has 1 unspecified atom stereocenters. The lowest BCUT2D eigenvalue weighted by molar-refractivity contribution is -0.137. The summed E-state index contributed by atoms with van der Waals surface area (Å²) in [5.41, 5.74) is 0.336. The van der Waals surface area contributed by atoms with Gasteiger partial charge < -0.3 is 10.4 Å². The van der Waals surface area contributed by atoms with Gasteiger partial charge >= 0.3 is 5.97 Å². The van der Waals surface area contributed by atoms with Gasteiger partial charge in [-0.3, -0.25) is 9.59 Å². The number of halogens is 1. The molecule has 1 aromatic rings. The van der Waals surface area contributed by atoms with Crippen molar-refractivity contribution in [3.8, 4) is 0 Å². The van der Waals surface area contributed by atoms with Crippen molar-refractivity contribution in [2.24, 2.45) is 0 Å². The summed E-state index contributed by atoms with van der Waals surface area (Å²) in [4.78, 5) is 23.3. The van der Waals surface area contributed by atoms with Crippen LogP contribution < -0.4 is 5.32 Å². The fraction of sp³-hybridized carbons (Fsp3) is 0.467. The first-order chi connectivity index (χ1) is 9.56. The maximum absolute atomic E-state index is 12.9. The fourth-order valence-electron chi connectivity index (χ4n) is 2.59. The summed E-state index contributed by atoms with van der Waals surface area (Å²) in [5.74, 6) is -1.73. The van der Waals surface area contributed by atoms with Crippen LogP contribution in [0.4, 0.5) is 4.39 Å². The largest absolute Gasteiger partial charge is 0.481 e. The van der Waals surface area contributed by atoms with E-state index in [1.807, 2.05) is 0 Å². The summed E-state index contributed by atoms with van der Waals surface area (Å²) in [6.07, 6.45) is 3.87. The van der Waals surface area contributed by atoms with E-state index in [2.05, 4.69) is 5.32 Å². The van der Waals surface area contributed by atoms with E-state index in [0.717, 1.165) is 25.7 Å².